The normalized spacial score (nSPS) is 15.6. The van der Waals surface area contributed by atoms with Crippen molar-refractivity contribution in [3.05, 3.63) is 135 Å². The summed E-state index contributed by atoms with van der Waals surface area (Å²) in [5, 5.41) is 4.06. The lowest BCUT2D eigenvalue weighted by Gasteiger charge is -2.36. The Kier molecular flexibility index (Phi) is 8.64. The Labute approximate surface area is 295 Å². The summed E-state index contributed by atoms with van der Waals surface area (Å²) < 4.78 is 2.09. The van der Waals surface area contributed by atoms with Crippen molar-refractivity contribution in [3.8, 4) is 5.00 Å². The SMILES string of the molecule is Cc1ccc(N2C(=O)/C(=C\c3cc(C)n(-c4sc5c(c4C(=O)Nc4ccccc4)CCCC5)c3C)C(=O)N(c3ccccc3)C2=S)cc1C. The van der Waals surface area contributed by atoms with E-state index in [1.807, 2.05) is 113 Å². The lowest BCUT2D eigenvalue weighted by atomic mass is 9.95. The Bertz CT molecular complexity index is 2180. The van der Waals surface area contributed by atoms with Crippen molar-refractivity contribution in [2.75, 3.05) is 15.1 Å². The van der Waals surface area contributed by atoms with Crippen molar-refractivity contribution < 1.29 is 14.4 Å². The molecular formula is C40H36N4O3S2. The van der Waals surface area contributed by atoms with Crippen molar-refractivity contribution in [1.29, 1.82) is 0 Å². The van der Waals surface area contributed by atoms with E-state index in [0.29, 0.717) is 16.9 Å². The molecule has 3 heterocycles. The third-order valence-corrected chi connectivity index (χ3v) is 11.0. The summed E-state index contributed by atoms with van der Waals surface area (Å²) in [6, 6.07) is 26.4. The molecule has 0 atom stereocenters. The first kappa shape index (κ1) is 32.4. The van der Waals surface area contributed by atoms with Crippen LogP contribution in [-0.4, -0.2) is 27.4 Å². The number of aryl methyl sites for hydroxylation is 4. The third kappa shape index (κ3) is 5.83. The van der Waals surface area contributed by atoms with Crippen LogP contribution in [0, 0.1) is 27.7 Å². The van der Waals surface area contributed by atoms with E-state index in [1.165, 1.54) is 14.7 Å². The molecule has 9 heteroatoms. The molecule has 3 aromatic carbocycles. The molecule has 246 valence electrons. The molecule has 49 heavy (non-hydrogen) atoms. The van der Waals surface area contributed by atoms with Crippen LogP contribution in [-0.2, 0) is 22.4 Å². The molecule has 1 aliphatic heterocycles. The second-order valence-corrected chi connectivity index (χ2v) is 14.0. The Hall–Kier alpha value is -5.12. The molecule has 1 fully saturated rings. The van der Waals surface area contributed by atoms with Gasteiger partial charge in [-0.25, -0.2) is 0 Å². The zero-order valence-corrected chi connectivity index (χ0v) is 29.5. The number of thiocarbonyl (C=S) groups is 1. The van der Waals surface area contributed by atoms with Gasteiger partial charge < -0.3 is 9.88 Å². The molecule has 1 saturated heterocycles. The molecule has 0 unspecified atom stereocenters. The van der Waals surface area contributed by atoms with Gasteiger partial charge in [0.05, 0.1) is 16.9 Å². The van der Waals surface area contributed by atoms with Crippen LogP contribution in [0.3, 0.4) is 0 Å². The molecular weight excluding hydrogens is 649 g/mol. The predicted molar refractivity (Wildman–Crippen MR) is 202 cm³/mol. The molecule has 1 N–H and O–H groups in total. The van der Waals surface area contributed by atoms with Crippen molar-refractivity contribution in [3.63, 3.8) is 0 Å². The van der Waals surface area contributed by atoms with Crippen LogP contribution in [0.4, 0.5) is 17.1 Å². The van der Waals surface area contributed by atoms with Crippen LogP contribution in [0.2, 0.25) is 0 Å². The number of thiophene rings is 1. The van der Waals surface area contributed by atoms with Crippen LogP contribution < -0.4 is 15.1 Å². The van der Waals surface area contributed by atoms with Crippen LogP contribution >= 0.6 is 23.6 Å². The second kappa shape index (κ2) is 13.1. The van der Waals surface area contributed by atoms with E-state index >= 15 is 0 Å². The average molecular weight is 685 g/mol. The number of nitrogens with zero attached hydrogens (tertiary/aromatic N) is 3. The summed E-state index contributed by atoms with van der Waals surface area (Å²) in [7, 11) is 0. The Balaban J connectivity index is 1.34. The highest BCUT2D eigenvalue weighted by Crippen LogP contribution is 2.40. The van der Waals surface area contributed by atoms with Gasteiger partial charge in [0, 0.05) is 22.0 Å². The number of hydrogen-bond donors (Lipinski definition) is 1. The maximum absolute atomic E-state index is 14.3. The average Bonchev–Trinajstić information content (AvgIpc) is 3.61. The van der Waals surface area contributed by atoms with Crippen LogP contribution in [0.15, 0.2) is 90.5 Å². The first-order valence-electron chi connectivity index (χ1n) is 16.4. The lowest BCUT2D eigenvalue weighted by molar-refractivity contribution is -0.120. The summed E-state index contributed by atoms with van der Waals surface area (Å²) in [6.07, 6.45) is 5.60. The van der Waals surface area contributed by atoms with E-state index in [4.69, 9.17) is 12.2 Å². The number of rotatable bonds is 6. The zero-order valence-electron chi connectivity index (χ0n) is 27.9. The summed E-state index contributed by atoms with van der Waals surface area (Å²) in [4.78, 5) is 46.6. The molecule has 2 aromatic heterocycles. The number of hydrogen-bond acceptors (Lipinski definition) is 5. The second-order valence-electron chi connectivity index (χ2n) is 12.6. The van der Waals surface area contributed by atoms with Gasteiger partial charge in [0.1, 0.15) is 10.6 Å². The van der Waals surface area contributed by atoms with Gasteiger partial charge in [0.25, 0.3) is 17.7 Å². The van der Waals surface area contributed by atoms with Crippen LogP contribution in [0.25, 0.3) is 11.1 Å². The highest BCUT2D eigenvalue weighted by molar-refractivity contribution is 7.81. The summed E-state index contributed by atoms with van der Waals surface area (Å²) in [5.74, 6) is -1.10. The van der Waals surface area contributed by atoms with Crippen molar-refractivity contribution in [1.82, 2.24) is 4.57 Å². The highest BCUT2D eigenvalue weighted by Gasteiger charge is 2.41. The van der Waals surface area contributed by atoms with E-state index in [2.05, 4.69) is 9.88 Å². The monoisotopic (exact) mass is 684 g/mol. The maximum Gasteiger partial charge on any atom is 0.270 e. The Morgan fingerprint density at radius 3 is 2.14 bits per heavy atom. The number of amides is 3. The fourth-order valence-corrected chi connectivity index (χ4v) is 8.56. The predicted octanol–water partition coefficient (Wildman–Crippen LogP) is 8.65. The van der Waals surface area contributed by atoms with Crippen molar-refractivity contribution in [2.24, 2.45) is 0 Å². The van der Waals surface area contributed by atoms with Gasteiger partial charge in [-0.2, -0.15) is 0 Å². The molecule has 0 radical (unpaired) electrons. The number of benzene rings is 3. The minimum atomic E-state index is -0.486. The molecule has 3 amide bonds. The number of para-hydroxylation sites is 2. The van der Waals surface area contributed by atoms with Gasteiger partial charge in [0.15, 0.2) is 5.11 Å². The summed E-state index contributed by atoms with van der Waals surface area (Å²) >= 11 is 7.50. The summed E-state index contributed by atoms with van der Waals surface area (Å²) in [5.41, 5.74) is 8.26. The Morgan fingerprint density at radius 2 is 1.45 bits per heavy atom. The van der Waals surface area contributed by atoms with Crippen LogP contribution in [0.5, 0.6) is 0 Å². The quantitative estimate of drug-likeness (QED) is 0.110. The largest absolute Gasteiger partial charge is 0.322 e. The number of carbonyl (C=O) groups excluding carboxylic acids is 3. The Morgan fingerprint density at radius 1 is 0.796 bits per heavy atom. The van der Waals surface area contributed by atoms with E-state index in [1.54, 1.807) is 17.4 Å². The number of carbonyl (C=O) groups is 3. The molecule has 2 aliphatic rings. The minimum Gasteiger partial charge on any atom is -0.322 e. The van der Waals surface area contributed by atoms with Crippen molar-refractivity contribution in [2.45, 2.75) is 53.4 Å². The topological polar surface area (TPSA) is 74.6 Å². The van der Waals surface area contributed by atoms with Gasteiger partial charge in [-0.15, -0.1) is 11.3 Å². The first-order chi connectivity index (χ1) is 23.6. The summed E-state index contributed by atoms with van der Waals surface area (Å²) in [6.45, 7) is 7.95. The van der Waals surface area contributed by atoms with Gasteiger partial charge >= 0.3 is 0 Å². The lowest BCUT2D eigenvalue weighted by Crippen LogP contribution is -2.57. The van der Waals surface area contributed by atoms with E-state index in [0.717, 1.165) is 70.0 Å². The standard InChI is InChI=1S/C40H36N4O3S2/c1-24-19-20-31(21-25(24)2)44-38(47)33(37(46)43(40(44)48)30-15-9-6-10-16-30)23-28-22-26(3)42(27(28)4)39-35(32-17-11-12-18-34(32)49-39)36(45)41-29-13-7-5-8-14-29/h5-10,13-16,19-23H,11-12,17-18H2,1-4H3,(H,41,45)/b33-23-. The maximum atomic E-state index is 14.3. The minimum absolute atomic E-state index is 0.00319. The number of fused-ring (bicyclic) bond motifs is 1. The molecule has 7 nitrogen and oxygen atoms in total. The van der Waals surface area contributed by atoms with E-state index < -0.39 is 11.8 Å². The molecule has 0 spiro atoms. The zero-order chi connectivity index (χ0) is 34.4. The van der Waals surface area contributed by atoms with Crippen LogP contribution in [0.1, 0.15) is 61.7 Å². The van der Waals surface area contributed by atoms with E-state index in [-0.39, 0.29) is 16.6 Å². The number of aromatic nitrogens is 1. The number of nitrogens with one attached hydrogen (secondary N) is 1. The first-order valence-corrected chi connectivity index (χ1v) is 17.6. The van der Waals surface area contributed by atoms with Gasteiger partial charge in [0.2, 0.25) is 0 Å². The number of anilines is 3. The molecule has 0 bridgehead atoms. The van der Waals surface area contributed by atoms with Gasteiger partial charge in [-0.05, 0) is 136 Å². The highest BCUT2D eigenvalue weighted by atomic mass is 32.1. The molecule has 7 rings (SSSR count). The van der Waals surface area contributed by atoms with Crippen molar-refractivity contribution >= 4 is 69.5 Å². The smallest absolute Gasteiger partial charge is 0.270 e. The molecule has 0 saturated carbocycles. The fourth-order valence-electron chi connectivity index (χ4n) is 6.69. The van der Waals surface area contributed by atoms with Gasteiger partial charge in [-0.3, -0.25) is 24.2 Å². The third-order valence-electron chi connectivity index (χ3n) is 9.40. The fraction of sp³-hybridized carbons (Fsp3) is 0.200. The molecule has 5 aromatic rings. The molecule has 1 aliphatic carbocycles. The van der Waals surface area contributed by atoms with E-state index in [9.17, 15) is 14.4 Å². The van der Waals surface area contributed by atoms with Gasteiger partial charge in [-0.1, -0.05) is 42.5 Å².